The van der Waals surface area contributed by atoms with Crippen molar-refractivity contribution in [3.63, 3.8) is 0 Å². The van der Waals surface area contributed by atoms with Crippen LogP contribution in [0.5, 0.6) is 0 Å². The third-order valence-electron chi connectivity index (χ3n) is 4.53. The maximum absolute atomic E-state index is 2.62. The highest BCUT2D eigenvalue weighted by atomic mass is 35.5. The number of hydrogen-bond acceptors (Lipinski definition) is 2. The summed E-state index contributed by atoms with van der Waals surface area (Å²) in [5.74, 6) is 0. The molecule has 0 saturated carbocycles. The number of unbranched alkanes of at least 4 members (excludes halogenated alkanes) is 1. The number of nitrogens with zero attached hydrogens (tertiary/aromatic N) is 2. The molecule has 0 aliphatic carbocycles. The zero-order valence-corrected chi connectivity index (χ0v) is 14.5. The average molecular weight is 331 g/mol. The fourth-order valence-corrected chi connectivity index (χ4v) is 3.18. The van der Waals surface area contributed by atoms with Gasteiger partial charge in [0.15, 0.2) is 0 Å². The first-order valence-electron chi connectivity index (χ1n) is 8.48. The standard InChI is InChI=1S/C20H26N2.ClH/c1-3-9-19(10-4-1)11-7-8-14-21-15-17-22(18-16-21)20-12-5-2-6-13-20;/h1-6,9-10,12-13H,7-8,11,14-18H2;1H. The van der Waals surface area contributed by atoms with E-state index in [1.165, 1.54) is 50.1 Å². The Balaban J connectivity index is 0.00000192. The van der Waals surface area contributed by atoms with Crippen LogP contribution in [0.15, 0.2) is 60.7 Å². The maximum Gasteiger partial charge on any atom is 0.0367 e. The van der Waals surface area contributed by atoms with Crippen LogP contribution in [0, 0.1) is 0 Å². The molecule has 0 aromatic heterocycles. The Hall–Kier alpha value is -1.51. The minimum atomic E-state index is 0. The second-order valence-electron chi connectivity index (χ2n) is 6.11. The molecule has 0 N–H and O–H groups in total. The molecule has 0 spiro atoms. The first-order valence-corrected chi connectivity index (χ1v) is 8.48. The van der Waals surface area contributed by atoms with Gasteiger partial charge >= 0.3 is 0 Å². The summed E-state index contributed by atoms with van der Waals surface area (Å²) in [7, 11) is 0. The van der Waals surface area contributed by atoms with Gasteiger partial charge < -0.3 is 4.90 Å². The van der Waals surface area contributed by atoms with E-state index in [4.69, 9.17) is 0 Å². The summed E-state index contributed by atoms with van der Waals surface area (Å²) in [4.78, 5) is 5.12. The molecule has 2 nitrogen and oxygen atoms in total. The van der Waals surface area contributed by atoms with Gasteiger partial charge in [-0.1, -0.05) is 48.5 Å². The first kappa shape index (κ1) is 17.8. The molecule has 3 heteroatoms. The summed E-state index contributed by atoms with van der Waals surface area (Å²) in [5, 5.41) is 0. The molecular weight excluding hydrogens is 304 g/mol. The normalized spacial score (nSPS) is 15.2. The predicted molar refractivity (Wildman–Crippen MR) is 102 cm³/mol. The van der Waals surface area contributed by atoms with Crippen LogP contribution in [0.2, 0.25) is 0 Å². The molecule has 2 aromatic rings. The van der Waals surface area contributed by atoms with Crippen LogP contribution in [0.1, 0.15) is 18.4 Å². The van der Waals surface area contributed by atoms with Gasteiger partial charge in [0.05, 0.1) is 0 Å². The quantitative estimate of drug-likeness (QED) is 0.730. The minimum Gasteiger partial charge on any atom is -0.369 e. The fraction of sp³-hybridized carbons (Fsp3) is 0.400. The van der Waals surface area contributed by atoms with Crippen molar-refractivity contribution in [1.29, 1.82) is 0 Å². The van der Waals surface area contributed by atoms with Crippen molar-refractivity contribution in [3.05, 3.63) is 66.2 Å². The smallest absolute Gasteiger partial charge is 0.0367 e. The van der Waals surface area contributed by atoms with Crippen molar-refractivity contribution in [2.45, 2.75) is 19.3 Å². The van der Waals surface area contributed by atoms with Gasteiger partial charge in [-0.05, 0) is 43.5 Å². The van der Waals surface area contributed by atoms with Gasteiger partial charge in [0.1, 0.15) is 0 Å². The Labute approximate surface area is 146 Å². The van der Waals surface area contributed by atoms with E-state index in [2.05, 4.69) is 70.5 Å². The van der Waals surface area contributed by atoms with Crippen molar-refractivity contribution in [1.82, 2.24) is 4.90 Å². The third-order valence-corrected chi connectivity index (χ3v) is 4.53. The summed E-state index contributed by atoms with van der Waals surface area (Å²) in [6.45, 7) is 5.95. The van der Waals surface area contributed by atoms with Crippen molar-refractivity contribution < 1.29 is 0 Å². The highest BCUT2D eigenvalue weighted by molar-refractivity contribution is 5.85. The van der Waals surface area contributed by atoms with Crippen molar-refractivity contribution in [2.24, 2.45) is 0 Å². The number of halogens is 1. The zero-order valence-electron chi connectivity index (χ0n) is 13.7. The first-order chi connectivity index (χ1) is 10.9. The van der Waals surface area contributed by atoms with Crippen molar-refractivity contribution in [3.8, 4) is 0 Å². The summed E-state index contributed by atoms with van der Waals surface area (Å²) >= 11 is 0. The third kappa shape index (κ3) is 5.56. The largest absolute Gasteiger partial charge is 0.369 e. The molecule has 0 atom stereocenters. The van der Waals surface area contributed by atoms with Crippen LogP contribution in [0.3, 0.4) is 0 Å². The number of anilines is 1. The van der Waals surface area contributed by atoms with Gasteiger partial charge in [-0.3, -0.25) is 4.90 Å². The molecule has 1 aliphatic heterocycles. The molecule has 0 amide bonds. The van der Waals surface area contributed by atoms with Crippen LogP contribution < -0.4 is 4.90 Å². The topological polar surface area (TPSA) is 6.48 Å². The Bertz CT molecular complexity index is 536. The van der Waals surface area contributed by atoms with E-state index in [0.29, 0.717) is 0 Å². The Morgan fingerprint density at radius 2 is 1.30 bits per heavy atom. The molecule has 1 heterocycles. The number of rotatable bonds is 6. The van der Waals surface area contributed by atoms with Crippen LogP contribution in [-0.2, 0) is 6.42 Å². The Kier molecular flexibility index (Phi) is 7.44. The van der Waals surface area contributed by atoms with E-state index in [0.717, 1.165) is 13.1 Å². The number of benzene rings is 2. The second kappa shape index (κ2) is 9.59. The molecule has 23 heavy (non-hydrogen) atoms. The summed E-state index contributed by atoms with van der Waals surface area (Å²) < 4.78 is 0. The van der Waals surface area contributed by atoms with E-state index in [9.17, 15) is 0 Å². The lowest BCUT2D eigenvalue weighted by molar-refractivity contribution is 0.253. The highest BCUT2D eigenvalue weighted by Crippen LogP contribution is 2.15. The lowest BCUT2D eigenvalue weighted by Crippen LogP contribution is -2.46. The minimum absolute atomic E-state index is 0. The molecule has 3 rings (SSSR count). The van der Waals surface area contributed by atoms with Crippen LogP contribution in [0.25, 0.3) is 0 Å². The summed E-state index contributed by atoms with van der Waals surface area (Å²) in [6, 6.07) is 21.6. The van der Waals surface area contributed by atoms with Gasteiger partial charge in [-0.25, -0.2) is 0 Å². The molecular formula is C20H27ClN2. The number of hydrogen-bond donors (Lipinski definition) is 0. The van der Waals surface area contributed by atoms with Crippen LogP contribution >= 0.6 is 12.4 Å². The zero-order chi connectivity index (χ0) is 15.0. The maximum atomic E-state index is 2.62. The van der Waals surface area contributed by atoms with Crippen molar-refractivity contribution >= 4 is 18.1 Å². The van der Waals surface area contributed by atoms with Gasteiger partial charge in [0.25, 0.3) is 0 Å². The Morgan fingerprint density at radius 1 is 0.696 bits per heavy atom. The van der Waals surface area contributed by atoms with Crippen molar-refractivity contribution in [2.75, 3.05) is 37.6 Å². The molecule has 1 saturated heterocycles. The lowest BCUT2D eigenvalue weighted by atomic mass is 10.1. The van der Waals surface area contributed by atoms with Gasteiger partial charge in [0, 0.05) is 31.9 Å². The monoisotopic (exact) mass is 330 g/mol. The molecule has 2 aromatic carbocycles. The molecule has 0 bridgehead atoms. The van der Waals surface area contributed by atoms with Gasteiger partial charge in [-0.2, -0.15) is 0 Å². The highest BCUT2D eigenvalue weighted by Gasteiger charge is 2.16. The number of piperazine rings is 1. The predicted octanol–water partition coefficient (Wildman–Crippen LogP) is 4.25. The summed E-state index contributed by atoms with van der Waals surface area (Å²) in [6.07, 6.45) is 3.81. The fourth-order valence-electron chi connectivity index (χ4n) is 3.18. The second-order valence-corrected chi connectivity index (χ2v) is 6.11. The van der Waals surface area contributed by atoms with E-state index in [-0.39, 0.29) is 12.4 Å². The average Bonchev–Trinajstić information content (AvgIpc) is 2.61. The van der Waals surface area contributed by atoms with Crippen LogP contribution in [-0.4, -0.2) is 37.6 Å². The SMILES string of the molecule is Cl.c1ccc(CCCCN2CCN(c3ccccc3)CC2)cc1. The van der Waals surface area contributed by atoms with Crippen LogP contribution in [0.4, 0.5) is 5.69 Å². The molecule has 124 valence electrons. The van der Waals surface area contributed by atoms with Gasteiger partial charge in [0.2, 0.25) is 0 Å². The number of para-hydroxylation sites is 1. The van der Waals surface area contributed by atoms with E-state index >= 15 is 0 Å². The molecule has 1 fully saturated rings. The number of aryl methyl sites for hydroxylation is 1. The molecule has 0 radical (unpaired) electrons. The summed E-state index contributed by atoms with van der Waals surface area (Å²) in [5.41, 5.74) is 2.84. The van der Waals surface area contributed by atoms with E-state index in [1.807, 2.05) is 0 Å². The molecule has 0 unspecified atom stereocenters. The lowest BCUT2D eigenvalue weighted by Gasteiger charge is -2.36. The Morgan fingerprint density at radius 3 is 1.96 bits per heavy atom. The van der Waals surface area contributed by atoms with E-state index in [1.54, 1.807) is 0 Å². The van der Waals surface area contributed by atoms with E-state index < -0.39 is 0 Å². The van der Waals surface area contributed by atoms with Gasteiger partial charge in [-0.15, -0.1) is 12.4 Å². The molecule has 1 aliphatic rings.